The lowest BCUT2D eigenvalue weighted by Gasteiger charge is -2.22. The van der Waals surface area contributed by atoms with E-state index < -0.39 is 0 Å². The zero-order chi connectivity index (χ0) is 10.8. The average Bonchev–Trinajstić information content (AvgIpc) is 2.11. The Kier molecular flexibility index (Phi) is 3.90. The summed E-state index contributed by atoms with van der Waals surface area (Å²) in [5, 5.41) is 0. The van der Waals surface area contributed by atoms with E-state index in [9.17, 15) is 0 Å². The lowest BCUT2D eigenvalue weighted by molar-refractivity contribution is 0.685. The molecule has 14 heavy (non-hydrogen) atoms. The smallest absolute Gasteiger partial charge is 0.0453 e. The molecule has 3 heteroatoms. The molecule has 0 saturated heterocycles. The molecule has 1 nitrogen and oxygen atoms in total. The first-order valence-corrected chi connectivity index (χ1v) is 6.29. The summed E-state index contributed by atoms with van der Waals surface area (Å²) in [5.41, 5.74) is 6.77. The van der Waals surface area contributed by atoms with Crippen LogP contribution >= 0.6 is 27.7 Å². The average molecular weight is 274 g/mol. The van der Waals surface area contributed by atoms with Crippen LogP contribution in [0.1, 0.15) is 27.2 Å². The highest BCUT2D eigenvalue weighted by Crippen LogP contribution is 2.38. The van der Waals surface area contributed by atoms with Crippen LogP contribution in [0.2, 0.25) is 0 Å². The topological polar surface area (TPSA) is 26.0 Å². The highest BCUT2D eigenvalue weighted by atomic mass is 79.9. The summed E-state index contributed by atoms with van der Waals surface area (Å²) in [7, 11) is 0. The standard InChI is InChI=1S/C11H16BrNS/c1-4-11(2,3)14-10-7-8(12)5-6-9(10)13/h5-7H,4,13H2,1-3H3. The fourth-order valence-corrected chi connectivity index (χ4v) is 2.59. The summed E-state index contributed by atoms with van der Waals surface area (Å²) in [4.78, 5) is 1.16. The predicted molar refractivity (Wildman–Crippen MR) is 68.8 cm³/mol. The molecular weight excluding hydrogens is 258 g/mol. The Morgan fingerprint density at radius 2 is 2.07 bits per heavy atom. The monoisotopic (exact) mass is 273 g/mol. The Morgan fingerprint density at radius 1 is 1.43 bits per heavy atom. The van der Waals surface area contributed by atoms with E-state index in [4.69, 9.17) is 5.73 Å². The quantitative estimate of drug-likeness (QED) is 0.656. The minimum atomic E-state index is 0.245. The van der Waals surface area contributed by atoms with E-state index in [0.29, 0.717) is 0 Å². The van der Waals surface area contributed by atoms with E-state index in [-0.39, 0.29) is 4.75 Å². The number of nitrogen functional groups attached to an aromatic ring is 1. The second kappa shape index (κ2) is 4.58. The molecule has 0 fully saturated rings. The van der Waals surface area contributed by atoms with Gasteiger partial charge in [0.2, 0.25) is 0 Å². The van der Waals surface area contributed by atoms with Crippen LogP contribution in [0.3, 0.4) is 0 Å². The molecule has 0 saturated carbocycles. The van der Waals surface area contributed by atoms with Crippen LogP contribution in [0.4, 0.5) is 5.69 Å². The van der Waals surface area contributed by atoms with E-state index in [2.05, 4.69) is 42.8 Å². The Labute approximate surface area is 98.6 Å². The lowest BCUT2D eigenvalue weighted by Crippen LogP contribution is -2.12. The molecule has 1 aromatic carbocycles. The third-order valence-electron chi connectivity index (χ3n) is 2.21. The largest absolute Gasteiger partial charge is 0.398 e. The molecule has 78 valence electrons. The van der Waals surface area contributed by atoms with Gasteiger partial charge in [0.25, 0.3) is 0 Å². The van der Waals surface area contributed by atoms with Gasteiger partial charge in [-0.1, -0.05) is 36.7 Å². The number of rotatable bonds is 3. The van der Waals surface area contributed by atoms with Crippen molar-refractivity contribution in [2.75, 3.05) is 5.73 Å². The highest BCUT2D eigenvalue weighted by molar-refractivity contribution is 9.10. The van der Waals surface area contributed by atoms with Crippen molar-refractivity contribution in [1.29, 1.82) is 0 Å². The van der Waals surface area contributed by atoms with Crippen molar-refractivity contribution in [3.63, 3.8) is 0 Å². The maximum Gasteiger partial charge on any atom is 0.0453 e. The molecule has 0 bridgehead atoms. The highest BCUT2D eigenvalue weighted by Gasteiger charge is 2.17. The first-order chi connectivity index (χ1) is 6.44. The van der Waals surface area contributed by atoms with Crippen LogP contribution in [0, 0.1) is 0 Å². The van der Waals surface area contributed by atoms with Gasteiger partial charge in [0.05, 0.1) is 0 Å². The molecule has 0 aliphatic carbocycles. The summed E-state index contributed by atoms with van der Waals surface area (Å²) in [6, 6.07) is 5.99. The maximum atomic E-state index is 5.91. The van der Waals surface area contributed by atoms with Gasteiger partial charge in [-0.05, 0) is 24.6 Å². The molecule has 0 atom stereocenters. The maximum absolute atomic E-state index is 5.91. The Morgan fingerprint density at radius 3 is 2.64 bits per heavy atom. The van der Waals surface area contributed by atoms with Gasteiger partial charge in [0, 0.05) is 19.8 Å². The van der Waals surface area contributed by atoms with Crippen LogP contribution in [0.25, 0.3) is 0 Å². The molecule has 0 amide bonds. The second-order valence-electron chi connectivity index (χ2n) is 3.90. The number of hydrogen-bond acceptors (Lipinski definition) is 2. The van der Waals surface area contributed by atoms with Crippen molar-refractivity contribution >= 4 is 33.4 Å². The summed E-state index contributed by atoms with van der Waals surface area (Å²) >= 11 is 5.29. The normalized spacial score (nSPS) is 11.7. The third-order valence-corrected chi connectivity index (χ3v) is 4.12. The zero-order valence-electron chi connectivity index (χ0n) is 8.80. The number of halogens is 1. The number of nitrogens with two attached hydrogens (primary N) is 1. The zero-order valence-corrected chi connectivity index (χ0v) is 11.2. The number of anilines is 1. The van der Waals surface area contributed by atoms with Gasteiger partial charge in [-0.25, -0.2) is 0 Å². The van der Waals surface area contributed by atoms with E-state index >= 15 is 0 Å². The predicted octanol–water partition coefficient (Wildman–Crippen LogP) is 4.31. The van der Waals surface area contributed by atoms with Crippen molar-refractivity contribution in [2.45, 2.75) is 36.8 Å². The van der Waals surface area contributed by atoms with Crippen LogP contribution in [0.15, 0.2) is 27.6 Å². The van der Waals surface area contributed by atoms with Crippen LogP contribution in [0.5, 0.6) is 0 Å². The molecule has 1 aromatic rings. The van der Waals surface area contributed by atoms with Crippen LogP contribution < -0.4 is 5.73 Å². The SMILES string of the molecule is CCC(C)(C)Sc1cc(Br)ccc1N. The Bertz CT molecular complexity index is 323. The van der Waals surface area contributed by atoms with Crippen molar-refractivity contribution in [3.05, 3.63) is 22.7 Å². The van der Waals surface area contributed by atoms with E-state index in [0.717, 1.165) is 21.5 Å². The fraction of sp³-hybridized carbons (Fsp3) is 0.455. The molecule has 0 radical (unpaired) electrons. The van der Waals surface area contributed by atoms with Gasteiger partial charge in [0.1, 0.15) is 0 Å². The van der Waals surface area contributed by atoms with Gasteiger partial charge >= 0.3 is 0 Å². The number of thioether (sulfide) groups is 1. The van der Waals surface area contributed by atoms with E-state index in [1.165, 1.54) is 0 Å². The first kappa shape index (κ1) is 11.9. The number of hydrogen-bond donors (Lipinski definition) is 1. The van der Waals surface area contributed by atoms with Crippen molar-refractivity contribution in [1.82, 2.24) is 0 Å². The van der Waals surface area contributed by atoms with Gasteiger partial charge in [-0.3, -0.25) is 0 Å². The molecule has 1 rings (SSSR count). The lowest BCUT2D eigenvalue weighted by atomic mass is 10.1. The van der Waals surface area contributed by atoms with Crippen molar-refractivity contribution in [2.24, 2.45) is 0 Å². The third kappa shape index (κ3) is 3.21. The fourth-order valence-electron chi connectivity index (χ4n) is 0.966. The minimum Gasteiger partial charge on any atom is -0.398 e. The van der Waals surface area contributed by atoms with E-state index in [1.807, 2.05) is 23.9 Å². The van der Waals surface area contributed by atoms with Gasteiger partial charge in [-0.2, -0.15) is 0 Å². The molecule has 0 aliphatic heterocycles. The van der Waals surface area contributed by atoms with Crippen LogP contribution in [-0.2, 0) is 0 Å². The Hall–Kier alpha value is -0.150. The summed E-state index contributed by atoms with van der Waals surface area (Å²) in [5.74, 6) is 0. The molecule has 0 unspecified atom stereocenters. The van der Waals surface area contributed by atoms with Crippen molar-refractivity contribution in [3.8, 4) is 0 Å². The van der Waals surface area contributed by atoms with Gasteiger partial charge in [0.15, 0.2) is 0 Å². The van der Waals surface area contributed by atoms with E-state index in [1.54, 1.807) is 0 Å². The molecule has 0 heterocycles. The first-order valence-electron chi connectivity index (χ1n) is 4.68. The molecule has 0 spiro atoms. The summed E-state index contributed by atoms with van der Waals surface area (Å²) in [6.45, 7) is 6.66. The van der Waals surface area contributed by atoms with Gasteiger partial charge in [-0.15, -0.1) is 11.8 Å². The molecule has 0 aromatic heterocycles. The van der Waals surface area contributed by atoms with Crippen molar-refractivity contribution < 1.29 is 0 Å². The molecular formula is C11H16BrNS. The Balaban J connectivity index is 2.91. The summed E-state index contributed by atoms with van der Waals surface area (Å²) < 4.78 is 1.33. The summed E-state index contributed by atoms with van der Waals surface area (Å²) in [6.07, 6.45) is 1.13. The number of benzene rings is 1. The second-order valence-corrected chi connectivity index (χ2v) is 6.56. The minimum absolute atomic E-state index is 0.245. The molecule has 0 aliphatic rings. The van der Waals surface area contributed by atoms with Gasteiger partial charge < -0.3 is 5.73 Å². The van der Waals surface area contributed by atoms with Crippen LogP contribution in [-0.4, -0.2) is 4.75 Å². The molecule has 2 N–H and O–H groups in total.